The highest BCUT2D eigenvalue weighted by Crippen LogP contribution is 2.36. The number of benzene rings is 1. The van der Waals surface area contributed by atoms with E-state index in [0.717, 1.165) is 24.0 Å². The third-order valence-electron chi connectivity index (χ3n) is 5.14. The summed E-state index contributed by atoms with van der Waals surface area (Å²) in [6.07, 6.45) is 2.13. The van der Waals surface area contributed by atoms with Crippen LogP contribution < -0.4 is 15.4 Å². The lowest BCUT2D eigenvalue weighted by atomic mass is 10.00. The smallest absolute Gasteiger partial charge is 0.252 e. The first-order chi connectivity index (χ1) is 13.6. The quantitative estimate of drug-likeness (QED) is 0.354. The first-order valence-corrected chi connectivity index (χ1v) is 9.98. The summed E-state index contributed by atoms with van der Waals surface area (Å²) in [5.74, 6) is 0.160. The molecule has 0 heterocycles. The van der Waals surface area contributed by atoms with E-state index in [1.807, 2.05) is 27.7 Å². The maximum atomic E-state index is 14.2. The number of hydrogen-bond acceptors (Lipinski definition) is 4. The number of rotatable bonds is 9. The van der Waals surface area contributed by atoms with Gasteiger partial charge in [-0.3, -0.25) is 4.79 Å². The molecule has 1 aromatic carbocycles. The fourth-order valence-corrected chi connectivity index (χ4v) is 3.15. The SMILES string of the molecule is C=N/C(NC1(C)CC1)=C(\C)C(C(=O)NC(C)c1ccc(OCC)c(F)c1)=C(C)C. The van der Waals surface area contributed by atoms with Gasteiger partial charge in [0.1, 0.15) is 5.82 Å². The molecule has 0 aliphatic heterocycles. The molecule has 1 fully saturated rings. The van der Waals surface area contributed by atoms with Crippen LogP contribution in [0.5, 0.6) is 5.75 Å². The molecule has 1 saturated carbocycles. The molecule has 2 rings (SSSR count). The molecule has 0 aromatic heterocycles. The van der Waals surface area contributed by atoms with Gasteiger partial charge in [-0.25, -0.2) is 9.38 Å². The van der Waals surface area contributed by atoms with Crippen molar-refractivity contribution < 1.29 is 13.9 Å². The lowest BCUT2D eigenvalue weighted by Crippen LogP contribution is -2.31. The van der Waals surface area contributed by atoms with E-state index in [1.165, 1.54) is 6.07 Å². The van der Waals surface area contributed by atoms with E-state index in [4.69, 9.17) is 4.74 Å². The molecule has 0 bridgehead atoms. The highest BCUT2D eigenvalue weighted by Gasteiger charge is 2.38. The number of allylic oxidation sites excluding steroid dienone is 1. The van der Waals surface area contributed by atoms with Crippen LogP contribution in [-0.4, -0.2) is 24.8 Å². The summed E-state index contributed by atoms with van der Waals surface area (Å²) in [4.78, 5) is 17.2. The third-order valence-corrected chi connectivity index (χ3v) is 5.14. The first kappa shape index (κ1) is 22.7. The second-order valence-electron chi connectivity index (χ2n) is 8.01. The van der Waals surface area contributed by atoms with Crippen molar-refractivity contribution in [3.63, 3.8) is 0 Å². The molecule has 1 unspecified atom stereocenters. The van der Waals surface area contributed by atoms with Crippen molar-refractivity contribution in [2.75, 3.05) is 6.61 Å². The number of aliphatic imine (C=N–C) groups is 1. The highest BCUT2D eigenvalue weighted by molar-refractivity contribution is 5.98. The van der Waals surface area contributed by atoms with Crippen molar-refractivity contribution >= 4 is 12.6 Å². The zero-order valence-electron chi connectivity index (χ0n) is 18.3. The molecule has 0 radical (unpaired) electrons. The molecular weight excluding hydrogens is 369 g/mol. The van der Waals surface area contributed by atoms with Crippen molar-refractivity contribution in [2.24, 2.45) is 4.99 Å². The maximum absolute atomic E-state index is 14.2. The fraction of sp³-hybridized carbons (Fsp3) is 0.478. The Hall–Kier alpha value is -2.63. The van der Waals surface area contributed by atoms with Crippen LogP contribution in [-0.2, 0) is 4.79 Å². The molecule has 1 atom stereocenters. The number of nitrogens with zero attached hydrogens (tertiary/aromatic N) is 1. The lowest BCUT2D eigenvalue weighted by Gasteiger charge is -2.21. The molecule has 0 spiro atoms. The van der Waals surface area contributed by atoms with Crippen LogP contribution in [0.15, 0.2) is 45.7 Å². The van der Waals surface area contributed by atoms with Crippen molar-refractivity contribution in [2.45, 2.75) is 66.0 Å². The number of halogens is 1. The Morgan fingerprint density at radius 3 is 2.48 bits per heavy atom. The predicted octanol–water partition coefficient (Wildman–Crippen LogP) is 4.81. The lowest BCUT2D eigenvalue weighted by molar-refractivity contribution is -0.117. The summed E-state index contributed by atoms with van der Waals surface area (Å²) in [7, 11) is 0. The van der Waals surface area contributed by atoms with Gasteiger partial charge < -0.3 is 15.4 Å². The number of hydrogen-bond donors (Lipinski definition) is 2. The van der Waals surface area contributed by atoms with Gasteiger partial charge in [0.2, 0.25) is 0 Å². The number of carbonyl (C=O) groups excluding carboxylic acids is 1. The van der Waals surface area contributed by atoms with Gasteiger partial charge in [0.15, 0.2) is 11.6 Å². The monoisotopic (exact) mass is 401 g/mol. The summed E-state index contributed by atoms with van der Waals surface area (Å²) >= 11 is 0. The molecule has 158 valence electrons. The summed E-state index contributed by atoms with van der Waals surface area (Å²) in [6.45, 7) is 15.4. The molecule has 5 nitrogen and oxygen atoms in total. The summed E-state index contributed by atoms with van der Waals surface area (Å²) in [5, 5.41) is 6.36. The third kappa shape index (κ3) is 5.68. The second kappa shape index (κ2) is 9.25. The van der Waals surface area contributed by atoms with Crippen LogP contribution in [0.1, 0.15) is 66.0 Å². The Labute approximate surface area is 173 Å². The minimum absolute atomic E-state index is 0.0220. The van der Waals surface area contributed by atoms with Crippen molar-refractivity contribution in [3.8, 4) is 5.75 Å². The van der Waals surface area contributed by atoms with Crippen molar-refractivity contribution in [1.82, 2.24) is 10.6 Å². The number of ether oxygens (including phenoxy) is 1. The largest absolute Gasteiger partial charge is 0.491 e. The topological polar surface area (TPSA) is 62.7 Å². The van der Waals surface area contributed by atoms with Crippen LogP contribution >= 0.6 is 0 Å². The van der Waals surface area contributed by atoms with Gasteiger partial charge in [0, 0.05) is 16.7 Å². The normalized spacial score (nSPS) is 16.2. The van der Waals surface area contributed by atoms with Gasteiger partial charge in [-0.05, 0) is 78.8 Å². The Bertz CT molecular complexity index is 850. The zero-order valence-corrected chi connectivity index (χ0v) is 18.3. The number of nitrogens with one attached hydrogen (secondary N) is 2. The standard InChI is InChI=1S/C23H32FN3O2/c1-8-29-19-10-9-17(13-18(19)24)16(5)26-22(28)20(14(2)3)15(4)21(25-7)27-23(6)11-12-23/h9-10,13,16,27H,7-8,11-12H2,1-6H3,(H,26,28)/b21-15-. The van der Waals surface area contributed by atoms with Crippen molar-refractivity contribution in [1.29, 1.82) is 0 Å². The van der Waals surface area contributed by atoms with E-state index in [0.29, 0.717) is 23.6 Å². The predicted molar refractivity (Wildman–Crippen MR) is 116 cm³/mol. The minimum Gasteiger partial charge on any atom is -0.491 e. The molecule has 29 heavy (non-hydrogen) atoms. The number of amides is 1. The first-order valence-electron chi connectivity index (χ1n) is 9.98. The average molecular weight is 402 g/mol. The Morgan fingerprint density at radius 1 is 1.34 bits per heavy atom. The van der Waals surface area contributed by atoms with E-state index in [2.05, 4.69) is 29.3 Å². The fourth-order valence-electron chi connectivity index (χ4n) is 3.15. The molecule has 6 heteroatoms. The maximum Gasteiger partial charge on any atom is 0.252 e. The molecule has 1 aromatic rings. The minimum atomic E-state index is -0.441. The summed E-state index contributed by atoms with van der Waals surface area (Å²) < 4.78 is 19.4. The van der Waals surface area contributed by atoms with Gasteiger partial charge in [0.05, 0.1) is 12.6 Å². The van der Waals surface area contributed by atoms with E-state index in [9.17, 15) is 9.18 Å². The van der Waals surface area contributed by atoms with Gasteiger partial charge in [0.25, 0.3) is 5.91 Å². The molecule has 1 aliphatic carbocycles. The molecular formula is C23H32FN3O2. The van der Waals surface area contributed by atoms with Gasteiger partial charge in [-0.2, -0.15) is 0 Å². The van der Waals surface area contributed by atoms with Crippen LogP contribution in [0.3, 0.4) is 0 Å². The van der Waals surface area contributed by atoms with Crippen LogP contribution in [0.2, 0.25) is 0 Å². The van der Waals surface area contributed by atoms with E-state index in [1.54, 1.807) is 19.1 Å². The van der Waals surface area contributed by atoms with Crippen molar-refractivity contribution in [3.05, 3.63) is 52.1 Å². The second-order valence-corrected chi connectivity index (χ2v) is 8.01. The van der Waals surface area contributed by atoms with Gasteiger partial charge in [-0.1, -0.05) is 11.6 Å². The van der Waals surface area contributed by atoms with Crippen LogP contribution in [0, 0.1) is 5.82 Å². The van der Waals surface area contributed by atoms with Gasteiger partial charge in [-0.15, -0.1) is 0 Å². The Morgan fingerprint density at radius 2 is 2.00 bits per heavy atom. The summed E-state index contributed by atoms with van der Waals surface area (Å²) in [6, 6.07) is 4.37. The molecule has 0 saturated heterocycles. The Balaban J connectivity index is 2.22. The van der Waals surface area contributed by atoms with E-state index in [-0.39, 0.29) is 23.2 Å². The van der Waals surface area contributed by atoms with Crippen LogP contribution in [0.25, 0.3) is 0 Å². The molecule has 1 amide bonds. The van der Waals surface area contributed by atoms with E-state index < -0.39 is 5.82 Å². The summed E-state index contributed by atoms with van der Waals surface area (Å²) in [5.41, 5.74) is 2.86. The number of carbonyl (C=O) groups is 1. The highest BCUT2D eigenvalue weighted by atomic mass is 19.1. The average Bonchev–Trinajstić information content (AvgIpc) is 3.38. The van der Waals surface area contributed by atoms with E-state index >= 15 is 0 Å². The zero-order chi connectivity index (χ0) is 21.8. The van der Waals surface area contributed by atoms with Crippen LogP contribution in [0.4, 0.5) is 4.39 Å². The Kier molecular flexibility index (Phi) is 7.22. The molecule has 2 N–H and O–H groups in total. The van der Waals surface area contributed by atoms with Gasteiger partial charge >= 0.3 is 0 Å². The molecule has 1 aliphatic rings.